The zero-order valence-corrected chi connectivity index (χ0v) is 15.8. The molecule has 0 fully saturated rings. The number of nitriles is 1. The molecule has 2 N–H and O–H groups in total. The molecule has 0 saturated carbocycles. The quantitative estimate of drug-likeness (QED) is 0.360. The first kappa shape index (κ1) is 20.3. The van der Waals surface area contributed by atoms with Gasteiger partial charge in [-0.15, -0.1) is 0 Å². The smallest absolute Gasteiger partial charge is 0.366 e. The lowest BCUT2D eigenvalue weighted by molar-refractivity contribution is -0.138. The van der Waals surface area contributed by atoms with Crippen LogP contribution in [0.15, 0.2) is 49.1 Å². The van der Waals surface area contributed by atoms with Crippen LogP contribution in [-0.4, -0.2) is 19.9 Å². The minimum atomic E-state index is -4.51. The van der Waals surface area contributed by atoms with Gasteiger partial charge in [-0.05, 0) is 23.8 Å². The summed E-state index contributed by atoms with van der Waals surface area (Å²) in [5.74, 6) is -0.642. The predicted molar refractivity (Wildman–Crippen MR) is 104 cm³/mol. The molecule has 4 aromatic heterocycles. The number of aromatic nitrogens is 4. The highest BCUT2D eigenvalue weighted by molar-refractivity contribution is 5.81. The van der Waals surface area contributed by atoms with E-state index in [1.807, 2.05) is 6.07 Å². The highest BCUT2D eigenvalue weighted by atomic mass is 19.4. The molecule has 4 aromatic rings. The number of pyridine rings is 3. The fourth-order valence-electron chi connectivity index (χ4n) is 3.19. The predicted octanol–water partition coefficient (Wildman–Crippen LogP) is 4.59. The Morgan fingerprint density at radius 1 is 1.10 bits per heavy atom. The number of rotatable bonds is 5. The first-order chi connectivity index (χ1) is 14.8. The number of hydrogen-bond donors (Lipinski definition) is 2. The molecule has 6 nitrogen and oxygen atoms in total. The number of nitrogens with zero attached hydrogens (tertiary/aromatic N) is 4. The minimum Gasteiger partial charge on any atom is -0.366 e. The molecule has 0 aromatic carbocycles. The Morgan fingerprint density at radius 3 is 2.68 bits per heavy atom. The van der Waals surface area contributed by atoms with Crippen molar-refractivity contribution in [2.24, 2.45) is 0 Å². The second-order valence-electron chi connectivity index (χ2n) is 6.75. The molecule has 10 heteroatoms. The van der Waals surface area contributed by atoms with Crippen molar-refractivity contribution in [2.75, 3.05) is 5.32 Å². The lowest BCUT2D eigenvalue weighted by atomic mass is 10.1. The maximum atomic E-state index is 14.6. The Hall–Kier alpha value is -4.00. The summed E-state index contributed by atoms with van der Waals surface area (Å²) in [5.41, 5.74) is 1.13. The average molecular weight is 426 g/mol. The van der Waals surface area contributed by atoms with Crippen molar-refractivity contribution in [3.8, 4) is 6.07 Å². The van der Waals surface area contributed by atoms with Gasteiger partial charge in [0, 0.05) is 54.3 Å². The number of fused-ring (bicyclic) bond motifs is 1. The van der Waals surface area contributed by atoms with Crippen molar-refractivity contribution < 1.29 is 17.6 Å². The molecule has 31 heavy (non-hydrogen) atoms. The van der Waals surface area contributed by atoms with Gasteiger partial charge in [-0.1, -0.05) is 6.07 Å². The van der Waals surface area contributed by atoms with Gasteiger partial charge < -0.3 is 10.3 Å². The molecule has 0 radical (unpaired) electrons. The van der Waals surface area contributed by atoms with Crippen LogP contribution in [-0.2, 0) is 19.1 Å². The van der Waals surface area contributed by atoms with E-state index in [9.17, 15) is 17.6 Å². The normalized spacial score (nSPS) is 11.5. The molecular formula is C21H14F4N6. The summed E-state index contributed by atoms with van der Waals surface area (Å²) >= 11 is 0. The third kappa shape index (κ3) is 4.30. The summed E-state index contributed by atoms with van der Waals surface area (Å²) in [6, 6.07) is 7.58. The van der Waals surface area contributed by atoms with Crippen molar-refractivity contribution >= 4 is 16.9 Å². The molecular weight excluding hydrogens is 412 g/mol. The van der Waals surface area contributed by atoms with Crippen molar-refractivity contribution in [2.45, 2.75) is 19.1 Å². The van der Waals surface area contributed by atoms with Crippen molar-refractivity contribution in [3.63, 3.8) is 0 Å². The van der Waals surface area contributed by atoms with Gasteiger partial charge in [0.25, 0.3) is 0 Å². The highest BCUT2D eigenvalue weighted by Crippen LogP contribution is 2.31. The molecule has 0 bridgehead atoms. The second-order valence-corrected chi connectivity index (χ2v) is 6.75. The van der Waals surface area contributed by atoms with Gasteiger partial charge in [-0.3, -0.25) is 4.98 Å². The first-order valence-corrected chi connectivity index (χ1v) is 9.10. The number of anilines is 1. The van der Waals surface area contributed by atoms with Crippen LogP contribution in [0.3, 0.4) is 0 Å². The van der Waals surface area contributed by atoms with E-state index in [0.717, 1.165) is 24.0 Å². The van der Waals surface area contributed by atoms with Crippen LogP contribution in [0.25, 0.3) is 11.0 Å². The van der Waals surface area contributed by atoms with Crippen molar-refractivity contribution in [1.29, 1.82) is 5.26 Å². The third-order valence-corrected chi connectivity index (χ3v) is 4.72. The van der Waals surface area contributed by atoms with E-state index in [-0.39, 0.29) is 24.3 Å². The summed E-state index contributed by atoms with van der Waals surface area (Å²) in [6.45, 7) is -0.209. The maximum Gasteiger partial charge on any atom is 0.416 e. The summed E-state index contributed by atoms with van der Waals surface area (Å²) in [4.78, 5) is 14.7. The Balaban J connectivity index is 1.52. The topological polar surface area (TPSA) is 90.3 Å². The summed E-state index contributed by atoms with van der Waals surface area (Å²) < 4.78 is 53.8. The lowest BCUT2D eigenvalue weighted by Crippen LogP contribution is -2.13. The van der Waals surface area contributed by atoms with E-state index in [1.165, 1.54) is 18.3 Å². The zero-order valence-electron chi connectivity index (χ0n) is 15.8. The first-order valence-electron chi connectivity index (χ1n) is 9.10. The Labute approximate surface area is 173 Å². The van der Waals surface area contributed by atoms with E-state index in [0.29, 0.717) is 22.2 Å². The Kier molecular flexibility index (Phi) is 5.25. The molecule has 0 aliphatic carbocycles. The maximum absolute atomic E-state index is 14.6. The molecule has 4 rings (SSSR count). The monoisotopic (exact) mass is 426 g/mol. The second kappa shape index (κ2) is 8.02. The molecule has 0 spiro atoms. The van der Waals surface area contributed by atoms with Gasteiger partial charge in [0.15, 0.2) is 0 Å². The van der Waals surface area contributed by atoms with Gasteiger partial charge in [-0.25, -0.2) is 9.97 Å². The molecule has 0 atom stereocenters. The van der Waals surface area contributed by atoms with Crippen molar-refractivity contribution in [1.82, 2.24) is 19.9 Å². The van der Waals surface area contributed by atoms with Gasteiger partial charge in [0.1, 0.15) is 17.5 Å². The molecule has 4 heterocycles. The molecule has 0 aliphatic rings. The van der Waals surface area contributed by atoms with Crippen LogP contribution in [0.1, 0.15) is 27.8 Å². The van der Waals surface area contributed by atoms with Gasteiger partial charge in [0.2, 0.25) is 5.95 Å². The molecule has 0 saturated heterocycles. The molecule has 156 valence electrons. The van der Waals surface area contributed by atoms with Crippen LogP contribution in [0, 0.1) is 17.3 Å². The van der Waals surface area contributed by atoms with Crippen LogP contribution in [0.2, 0.25) is 0 Å². The van der Waals surface area contributed by atoms with E-state index < -0.39 is 17.7 Å². The SMILES string of the molecule is N#Cc1cnc2[nH]cc(Cc3ccc(NCc4cnccc4C(F)(F)F)nc3F)c2c1. The summed E-state index contributed by atoms with van der Waals surface area (Å²) in [5, 5.41) is 12.4. The fraction of sp³-hybridized carbons (Fsp3) is 0.143. The average Bonchev–Trinajstić information content (AvgIpc) is 3.15. The number of halogens is 4. The van der Waals surface area contributed by atoms with Crippen LogP contribution in [0.4, 0.5) is 23.4 Å². The highest BCUT2D eigenvalue weighted by Gasteiger charge is 2.33. The molecule has 0 amide bonds. The lowest BCUT2D eigenvalue weighted by Gasteiger charge is -2.13. The van der Waals surface area contributed by atoms with Crippen LogP contribution < -0.4 is 5.32 Å². The van der Waals surface area contributed by atoms with Gasteiger partial charge >= 0.3 is 6.18 Å². The van der Waals surface area contributed by atoms with Crippen molar-refractivity contribution in [3.05, 3.63) is 82.8 Å². The molecule has 0 aliphatic heterocycles. The van der Waals surface area contributed by atoms with E-state index >= 15 is 0 Å². The third-order valence-electron chi connectivity index (χ3n) is 4.72. The Morgan fingerprint density at radius 2 is 1.94 bits per heavy atom. The van der Waals surface area contributed by atoms with E-state index in [4.69, 9.17) is 5.26 Å². The Bertz CT molecular complexity index is 1290. The van der Waals surface area contributed by atoms with Gasteiger partial charge in [0.05, 0.1) is 11.1 Å². The van der Waals surface area contributed by atoms with E-state index in [1.54, 1.807) is 12.3 Å². The van der Waals surface area contributed by atoms with Crippen LogP contribution >= 0.6 is 0 Å². The largest absolute Gasteiger partial charge is 0.416 e. The number of nitrogens with one attached hydrogen (secondary N) is 2. The number of aromatic amines is 1. The zero-order chi connectivity index (χ0) is 22.0. The number of alkyl halides is 3. The van der Waals surface area contributed by atoms with E-state index in [2.05, 4.69) is 25.3 Å². The fourth-order valence-corrected chi connectivity index (χ4v) is 3.19. The number of H-pyrrole nitrogens is 1. The number of hydrogen-bond acceptors (Lipinski definition) is 5. The van der Waals surface area contributed by atoms with Gasteiger partial charge in [-0.2, -0.15) is 22.8 Å². The summed E-state index contributed by atoms with van der Waals surface area (Å²) in [6.07, 6.45) is 1.00. The van der Waals surface area contributed by atoms with Crippen LogP contribution in [0.5, 0.6) is 0 Å². The summed E-state index contributed by atoms with van der Waals surface area (Å²) in [7, 11) is 0. The molecule has 0 unspecified atom stereocenters. The standard InChI is InChI=1S/C21H14F4N6/c22-19-13(6-14-10-30-20-16(14)5-12(7-26)8-29-20)1-2-18(31-19)28-11-15-9-27-4-3-17(15)21(23,24)25/h1-5,8-10H,6,11H2,(H,28,31)(H,29,30). The minimum absolute atomic E-state index is 0.0686.